The van der Waals surface area contributed by atoms with Gasteiger partial charge in [0.15, 0.2) is 5.16 Å². The van der Waals surface area contributed by atoms with E-state index in [2.05, 4.69) is 10.2 Å². The highest BCUT2D eigenvalue weighted by molar-refractivity contribution is 7.99. The maximum absolute atomic E-state index is 12.5. The van der Waals surface area contributed by atoms with E-state index in [0.29, 0.717) is 6.04 Å². The summed E-state index contributed by atoms with van der Waals surface area (Å²) in [6.45, 7) is 1.86. The summed E-state index contributed by atoms with van der Waals surface area (Å²) in [5.41, 5.74) is 0.758. The molecule has 0 aliphatic heterocycles. The first-order valence-electron chi connectivity index (χ1n) is 7.99. The van der Waals surface area contributed by atoms with E-state index in [4.69, 9.17) is 0 Å². The molecule has 0 radical (unpaired) electrons. The quantitative estimate of drug-likeness (QED) is 0.428. The molecule has 0 N–H and O–H groups in total. The number of benzene rings is 1. The minimum absolute atomic E-state index is 0.0251. The van der Waals surface area contributed by atoms with Crippen molar-refractivity contribution in [3.8, 4) is 0 Å². The zero-order valence-corrected chi connectivity index (χ0v) is 14.8. The summed E-state index contributed by atoms with van der Waals surface area (Å²) in [5, 5.41) is 19.7. The number of thioether (sulfide) groups is 1. The zero-order valence-electron chi connectivity index (χ0n) is 14.0. The fourth-order valence-electron chi connectivity index (χ4n) is 2.50. The molecular weight excluding hydrogens is 342 g/mol. The Labute approximate surface area is 149 Å². The summed E-state index contributed by atoms with van der Waals surface area (Å²) < 4.78 is 2.02. The third kappa shape index (κ3) is 3.98. The zero-order chi connectivity index (χ0) is 18.0. The topological polar surface area (TPSA) is 94.2 Å². The van der Waals surface area contributed by atoms with Crippen LogP contribution in [0.4, 0.5) is 5.69 Å². The van der Waals surface area contributed by atoms with Crippen molar-refractivity contribution in [1.29, 1.82) is 0 Å². The number of nitrogens with zero attached hydrogens (tertiary/aromatic N) is 5. The molecule has 3 rings (SSSR count). The Bertz CT molecular complexity index is 790. The van der Waals surface area contributed by atoms with Crippen LogP contribution < -0.4 is 0 Å². The van der Waals surface area contributed by atoms with Crippen molar-refractivity contribution in [3.63, 3.8) is 0 Å². The molecule has 1 heterocycles. The number of nitro benzene ring substituents is 1. The van der Waals surface area contributed by atoms with Crippen LogP contribution in [0.2, 0.25) is 0 Å². The van der Waals surface area contributed by atoms with Crippen LogP contribution in [0.25, 0.3) is 0 Å². The molecule has 1 aliphatic rings. The first-order valence-corrected chi connectivity index (χ1v) is 8.98. The summed E-state index contributed by atoms with van der Waals surface area (Å²) in [5.74, 6) is 0.190. The maximum atomic E-state index is 12.5. The second-order valence-electron chi connectivity index (χ2n) is 6.07. The minimum atomic E-state index is -0.432. The van der Waals surface area contributed by atoms with Crippen LogP contribution in [-0.4, -0.2) is 43.3 Å². The molecule has 1 aromatic heterocycles. The van der Waals surface area contributed by atoms with Crippen LogP contribution in [0.3, 0.4) is 0 Å². The Morgan fingerprint density at radius 2 is 2.28 bits per heavy atom. The van der Waals surface area contributed by atoms with Crippen molar-refractivity contribution in [2.45, 2.75) is 37.0 Å². The van der Waals surface area contributed by atoms with Gasteiger partial charge in [-0.2, -0.15) is 0 Å². The summed E-state index contributed by atoms with van der Waals surface area (Å²) in [4.78, 5) is 24.6. The van der Waals surface area contributed by atoms with E-state index in [1.54, 1.807) is 30.4 Å². The van der Waals surface area contributed by atoms with Crippen LogP contribution in [0.5, 0.6) is 0 Å². The summed E-state index contributed by atoms with van der Waals surface area (Å²) >= 11 is 1.37. The lowest BCUT2D eigenvalue weighted by molar-refractivity contribution is -0.384. The number of non-ortho nitro benzene ring substituents is 1. The van der Waals surface area contributed by atoms with E-state index in [1.807, 2.05) is 11.5 Å². The van der Waals surface area contributed by atoms with Gasteiger partial charge in [0.05, 0.1) is 16.7 Å². The van der Waals surface area contributed by atoms with E-state index < -0.39 is 4.92 Å². The monoisotopic (exact) mass is 361 g/mol. The summed E-state index contributed by atoms with van der Waals surface area (Å²) in [6, 6.07) is 6.58. The predicted molar refractivity (Wildman–Crippen MR) is 93.3 cm³/mol. The Morgan fingerprint density at radius 3 is 2.96 bits per heavy atom. The molecule has 0 saturated heterocycles. The van der Waals surface area contributed by atoms with E-state index in [-0.39, 0.29) is 23.4 Å². The Hall–Kier alpha value is -2.42. The van der Waals surface area contributed by atoms with Crippen LogP contribution in [-0.2, 0) is 4.79 Å². The number of carbonyl (C=O) groups is 1. The van der Waals surface area contributed by atoms with Gasteiger partial charge >= 0.3 is 0 Å². The van der Waals surface area contributed by atoms with Gasteiger partial charge < -0.3 is 9.47 Å². The van der Waals surface area contributed by atoms with Gasteiger partial charge in [0.25, 0.3) is 5.69 Å². The number of hydrogen-bond acceptors (Lipinski definition) is 6. The lowest BCUT2D eigenvalue weighted by Gasteiger charge is -2.25. The molecular formula is C16H19N5O3S. The average molecular weight is 361 g/mol. The lowest BCUT2D eigenvalue weighted by Crippen LogP contribution is -2.31. The fourth-order valence-corrected chi connectivity index (χ4v) is 3.41. The highest BCUT2D eigenvalue weighted by atomic mass is 32.2. The Balaban J connectivity index is 1.62. The molecule has 1 saturated carbocycles. The molecule has 2 aromatic rings. The highest BCUT2D eigenvalue weighted by Gasteiger charge is 2.27. The molecule has 0 spiro atoms. The van der Waals surface area contributed by atoms with E-state index >= 15 is 0 Å². The Kier molecular flexibility index (Phi) is 5.03. The van der Waals surface area contributed by atoms with Crippen LogP contribution in [0.1, 0.15) is 37.4 Å². The molecule has 25 heavy (non-hydrogen) atoms. The average Bonchev–Trinajstić information content (AvgIpc) is 3.36. The number of amides is 1. The van der Waals surface area contributed by atoms with Gasteiger partial charge in [0.2, 0.25) is 5.91 Å². The van der Waals surface area contributed by atoms with Gasteiger partial charge in [0.1, 0.15) is 6.33 Å². The maximum Gasteiger partial charge on any atom is 0.269 e. The SMILES string of the molecule is CC(c1cccc([N+](=O)[O-])c1)N(C)C(=O)CSc1nncn1C1CC1. The van der Waals surface area contributed by atoms with E-state index in [0.717, 1.165) is 23.6 Å². The number of aromatic nitrogens is 3. The van der Waals surface area contributed by atoms with Crippen LogP contribution in [0, 0.1) is 10.1 Å². The molecule has 1 fully saturated rings. The number of hydrogen-bond donors (Lipinski definition) is 0. The molecule has 1 aliphatic carbocycles. The summed E-state index contributed by atoms with van der Waals surface area (Å²) in [6.07, 6.45) is 3.96. The molecule has 1 aromatic carbocycles. The Morgan fingerprint density at radius 1 is 1.52 bits per heavy atom. The summed E-state index contributed by atoms with van der Waals surface area (Å²) in [7, 11) is 1.71. The van der Waals surface area contributed by atoms with Crippen molar-refractivity contribution >= 4 is 23.4 Å². The van der Waals surface area contributed by atoms with Gasteiger partial charge in [0, 0.05) is 25.2 Å². The lowest BCUT2D eigenvalue weighted by atomic mass is 10.1. The van der Waals surface area contributed by atoms with E-state index in [1.165, 1.54) is 23.9 Å². The second kappa shape index (κ2) is 7.22. The molecule has 132 valence electrons. The highest BCUT2D eigenvalue weighted by Crippen LogP contribution is 2.37. The van der Waals surface area contributed by atoms with Gasteiger partial charge in [-0.05, 0) is 25.3 Å². The van der Waals surface area contributed by atoms with Crippen molar-refractivity contribution in [3.05, 3.63) is 46.3 Å². The number of rotatable bonds is 7. The molecule has 1 amide bonds. The first-order chi connectivity index (χ1) is 12.0. The van der Waals surface area contributed by atoms with Crippen molar-refractivity contribution in [2.75, 3.05) is 12.8 Å². The minimum Gasteiger partial charge on any atom is -0.338 e. The number of nitro groups is 1. The molecule has 0 bridgehead atoms. The largest absolute Gasteiger partial charge is 0.338 e. The van der Waals surface area contributed by atoms with Crippen molar-refractivity contribution < 1.29 is 9.72 Å². The van der Waals surface area contributed by atoms with E-state index in [9.17, 15) is 14.9 Å². The normalized spacial score (nSPS) is 15.0. The first kappa shape index (κ1) is 17.4. The standard InChI is InChI=1S/C16H19N5O3S/c1-11(12-4-3-5-14(8-12)21(23)24)19(2)15(22)9-25-16-18-17-10-20(16)13-6-7-13/h3-5,8,10-11,13H,6-7,9H2,1-2H3. The van der Waals surface area contributed by atoms with Gasteiger partial charge in [-0.1, -0.05) is 23.9 Å². The molecule has 1 atom stereocenters. The fraction of sp³-hybridized carbons (Fsp3) is 0.438. The van der Waals surface area contributed by atoms with Crippen molar-refractivity contribution in [2.24, 2.45) is 0 Å². The van der Waals surface area contributed by atoms with Gasteiger partial charge in [-0.25, -0.2) is 0 Å². The smallest absolute Gasteiger partial charge is 0.269 e. The third-order valence-corrected chi connectivity index (χ3v) is 5.28. The van der Waals surface area contributed by atoms with Gasteiger partial charge in [-0.15, -0.1) is 10.2 Å². The molecule has 1 unspecified atom stereocenters. The van der Waals surface area contributed by atoms with Crippen LogP contribution in [0.15, 0.2) is 35.7 Å². The van der Waals surface area contributed by atoms with Crippen LogP contribution >= 0.6 is 11.8 Å². The van der Waals surface area contributed by atoms with Gasteiger partial charge in [-0.3, -0.25) is 14.9 Å². The number of carbonyl (C=O) groups excluding carboxylic acids is 1. The second-order valence-corrected chi connectivity index (χ2v) is 7.02. The third-order valence-electron chi connectivity index (χ3n) is 4.34. The predicted octanol–water partition coefficient (Wildman–Crippen LogP) is 2.83. The van der Waals surface area contributed by atoms with Crippen molar-refractivity contribution in [1.82, 2.24) is 19.7 Å². The molecule has 8 nitrogen and oxygen atoms in total. The molecule has 9 heteroatoms.